The Morgan fingerprint density at radius 3 is 2.06 bits per heavy atom. The Hall–Kier alpha value is -0.710. The molecule has 0 heterocycles. The fourth-order valence-corrected chi connectivity index (χ4v) is 2.26. The summed E-state index contributed by atoms with van der Waals surface area (Å²) in [6.07, 6.45) is -0.962. The molecule has 1 fully saturated rings. The predicted octanol–water partition coefficient (Wildman–Crippen LogP) is 2.43. The van der Waals surface area contributed by atoms with E-state index in [-0.39, 0.29) is 19.3 Å². The second-order valence-corrected chi connectivity index (χ2v) is 4.88. The average Bonchev–Trinajstić information content (AvgIpc) is 2.21. The number of hydrogen-bond acceptors (Lipinski definition) is 2. The van der Waals surface area contributed by atoms with Crippen LogP contribution in [0.1, 0.15) is 46.0 Å². The predicted molar refractivity (Wildman–Crippen MR) is 54.4 cm³/mol. The van der Waals surface area contributed by atoms with Crippen molar-refractivity contribution in [3.8, 4) is 0 Å². The highest BCUT2D eigenvalue weighted by atomic mass is 19.3. The molecule has 94 valence electrons. The SMILES string of the molecule is CCC(C)(C(=O)O)C1(O)CCC(F)(F)CC1. The molecule has 1 unspecified atom stereocenters. The van der Waals surface area contributed by atoms with Gasteiger partial charge < -0.3 is 10.2 Å². The molecule has 0 radical (unpaired) electrons. The molecule has 0 aromatic rings. The summed E-state index contributed by atoms with van der Waals surface area (Å²) in [7, 11) is 0. The van der Waals surface area contributed by atoms with E-state index in [4.69, 9.17) is 5.11 Å². The number of alkyl halides is 2. The monoisotopic (exact) mass is 236 g/mol. The molecule has 1 saturated carbocycles. The molecule has 0 spiro atoms. The highest BCUT2D eigenvalue weighted by molar-refractivity contribution is 5.75. The second-order valence-electron chi connectivity index (χ2n) is 4.88. The number of carboxylic acids is 1. The highest BCUT2D eigenvalue weighted by Crippen LogP contribution is 2.48. The molecule has 0 saturated heterocycles. The van der Waals surface area contributed by atoms with Gasteiger partial charge in [-0.1, -0.05) is 6.92 Å². The van der Waals surface area contributed by atoms with Crippen molar-refractivity contribution in [3.05, 3.63) is 0 Å². The van der Waals surface area contributed by atoms with Gasteiger partial charge in [0.2, 0.25) is 5.92 Å². The maximum atomic E-state index is 13.0. The van der Waals surface area contributed by atoms with E-state index in [1.54, 1.807) is 6.92 Å². The topological polar surface area (TPSA) is 57.5 Å². The second kappa shape index (κ2) is 3.95. The maximum Gasteiger partial charge on any atom is 0.312 e. The minimum atomic E-state index is -2.76. The molecule has 5 heteroatoms. The number of carbonyl (C=O) groups is 1. The minimum absolute atomic E-state index is 0.156. The first-order valence-corrected chi connectivity index (χ1v) is 5.50. The third-order valence-corrected chi connectivity index (χ3v) is 4.01. The molecule has 1 aliphatic rings. The van der Waals surface area contributed by atoms with Crippen molar-refractivity contribution < 1.29 is 23.8 Å². The summed E-state index contributed by atoms with van der Waals surface area (Å²) in [4.78, 5) is 11.2. The molecule has 1 rings (SSSR count). The summed E-state index contributed by atoms with van der Waals surface area (Å²) >= 11 is 0. The van der Waals surface area contributed by atoms with Crippen molar-refractivity contribution >= 4 is 5.97 Å². The van der Waals surface area contributed by atoms with E-state index < -0.39 is 35.7 Å². The number of carboxylic acid groups (broad SMARTS) is 1. The normalized spacial score (nSPS) is 27.1. The van der Waals surface area contributed by atoms with Gasteiger partial charge in [0.1, 0.15) is 0 Å². The number of aliphatic carboxylic acids is 1. The number of rotatable bonds is 3. The van der Waals surface area contributed by atoms with Crippen LogP contribution < -0.4 is 0 Å². The quantitative estimate of drug-likeness (QED) is 0.791. The van der Waals surface area contributed by atoms with Gasteiger partial charge in [-0.05, 0) is 26.2 Å². The van der Waals surface area contributed by atoms with Gasteiger partial charge in [-0.25, -0.2) is 8.78 Å². The molecule has 1 aliphatic carbocycles. The lowest BCUT2D eigenvalue weighted by Crippen LogP contribution is -2.54. The first-order chi connectivity index (χ1) is 7.17. The van der Waals surface area contributed by atoms with Crippen LogP contribution in [-0.2, 0) is 4.79 Å². The smallest absolute Gasteiger partial charge is 0.312 e. The maximum absolute atomic E-state index is 13.0. The van der Waals surface area contributed by atoms with Gasteiger partial charge in [-0.2, -0.15) is 0 Å². The molecule has 0 amide bonds. The van der Waals surface area contributed by atoms with Crippen LogP contribution in [0.25, 0.3) is 0 Å². The van der Waals surface area contributed by atoms with Crippen molar-refractivity contribution in [1.82, 2.24) is 0 Å². The summed E-state index contributed by atoms with van der Waals surface area (Å²) < 4.78 is 26.0. The van der Waals surface area contributed by atoms with Gasteiger partial charge in [0, 0.05) is 12.8 Å². The van der Waals surface area contributed by atoms with E-state index in [0.717, 1.165) is 0 Å². The van der Waals surface area contributed by atoms with Crippen LogP contribution in [0.2, 0.25) is 0 Å². The Kier molecular flexibility index (Phi) is 3.29. The van der Waals surface area contributed by atoms with Gasteiger partial charge in [-0.3, -0.25) is 4.79 Å². The Morgan fingerprint density at radius 2 is 1.75 bits per heavy atom. The van der Waals surface area contributed by atoms with Gasteiger partial charge in [0.25, 0.3) is 0 Å². The standard InChI is InChI=1S/C11H18F2O3/c1-3-9(2,8(14)15)10(16)4-6-11(12,13)7-5-10/h16H,3-7H2,1-2H3,(H,14,15). The van der Waals surface area contributed by atoms with Crippen molar-refractivity contribution in [2.45, 2.75) is 57.5 Å². The molecule has 1 atom stereocenters. The summed E-state index contributed by atoms with van der Waals surface area (Å²) in [5.41, 5.74) is -2.86. The van der Waals surface area contributed by atoms with Crippen LogP contribution >= 0.6 is 0 Å². The zero-order chi connectivity index (χ0) is 12.6. The van der Waals surface area contributed by atoms with E-state index in [1.807, 2.05) is 0 Å². The van der Waals surface area contributed by atoms with E-state index in [9.17, 15) is 18.7 Å². The molecule has 3 nitrogen and oxygen atoms in total. The average molecular weight is 236 g/mol. The van der Waals surface area contributed by atoms with E-state index in [2.05, 4.69) is 0 Å². The fourth-order valence-electron chi connectivity index (χ4n) is 2.26. The van der Waals surface area contributed by atoms with Gasteiger partial charge in [-0.15, -0.1) is 0 Å². The Bertz CT molecular complexity index is 281. The third kappa shape index (κ3) is 2.05. The molecule has 0 aromatic heterocycles. The summed E-state index contributed by atoms with van der Waals surface area (Å²) in [6.45, 7) is 3.08. The number of aliphatic hydroxyl groups is 1. The van der Waals surface area contributed by atoms with Crippen LogP contribution in [0.4, 0.5) is 8.78 Å². The molecule has 2 N–H and O–H groups in total. The first-order valence-electron chi connectivity index (χ1n) is 5.50. The lowest BCUT2D eigenvalue weighted by molar-refractivity contribution is -0.186. The van der Waals surface area contributed by atoms with Crippen molar-refractivity contribution in [2.24, 2.45) is 5.41 Å². The fraction of sp³-hybridized carbons (Fsp3) is 0.909. The van der Waals surface area contributed by atoms with E-state index >= 15 is 0 Å². The molecule has 0 bridgehead atoms. The van der Waals surface area contributed by atoms with Crippen LogP contribution in [-0.4, -0.2) is 27.7 Å². The Morgan fingerprint density at radius 1 is 1.31 bits per heavy atom. The zero-order valence-electron chi connectivity index (χ0n) is 9.59. The first kappa shape index (κ1) is 13.4. The molecule has 0 aliphatic heterocycles. The van der Waals surface area contributed by atoms with Gasteiger partial charge >= 0.3 is 5.97 Å². The minimum Gasteiger partial charge on any atom is -0.481 e. The third-order valence-electron chi connectivity index (χ3n) is 4.01. The van der Waals surface area contributed by atoms with Crippen LogP contribution in [0.5, 0.6) is 0 Å². The van der Waals surface area contributed by atoms with Crippen molar-refractivity contribution in [1.29, 1.82) is 0 Å². The van der Waals surface area contributed by atoms with E-state index in [1.165, 1.54) is 6.92 Å². The largest absolute Gasteiger partial charge is 0.481 e. The summed E-state index contributed by atoms with van der Waals surface area (Å²) in [5.74, 6) is -3.89. The Labute approximate surface area is 93.5 Å². The summed E-state index contributed by atoms with van der Waals surface area (Å²) in [6, 6.07) is 0. The van der Waals surface area contributed by atoms with Crippen LogP contribution in [0, 0.1) is 5.41 Å². The van der Waals surface area contributed by atoms with E-state index in [0.29, 0.717) is 0 Å². The van der Waals surface area contributed by atoms with Crippen LogP contribution in [0.3, 0.4) is 0 Å². The zero-order valence-corrected chi connectivity index (χ0v) is 9.59. The lowest BCUT2D eigenvalue weighted by atomic mass is 9.64. The van der Waals surface area contributed by atoms with Crippen molar-refractivity contribution in [3.63, 3.8) is 0 Å². The molecular formula is C11H18F2O3. The van der Waals surface area contributed by atoms with Gasteiger partial charge in [0.05, 0.1) is 11.0 Å². The van der Waals surface area contributed by atoms with Crippen molar-refractivity contribution in [2.75, 3.05) is 0 Å². The van der Waals surface area contributed by atoms with Gasteiger partial charge in [0.15, 0.2) is 0 Å². The Balaban J connectivity index is 2.91. The van der Waals surface area contributed by atoms with Crippen LogP contribution in [0.15, 0.2) is 0 Å². The number of hydrogen-bond donors (Lipinski definition) is 2. The molecule has 0 aromatic carbocycles. The molecule has 16 heavy (non-hydrogen) atoms. The lowest BCUT2D eigenvalue weighted by Gasteiger charge is -2.45. The highest BCUT2D eigenvalue weighted by Gasteiger charge is 2.55. The number of halogens is 2. The molecular weight excluding hydrogens is 218 g/mol. The summed E-state index contributed by atoms with van der Waals surface area (Å²) in [5, 5.41) is 19.4.